The molecule has 0 saturated heterocycles. The zero-order chi connectivity index (χ0) is 16.7. The maximum absolute atomic E-state index is 5.97. The van der Waals surface area contributed by atoms with Gasteiger partial charge in [-0.3, -0.25) is 5.10 Å². The van der Waals surface area contributed by atoms with Crippen LogP contribution in [0.2, 0.25) is 0 Å². The molecule has 2 aromatic heterocycles. The lowest BCUT2D eigenvalue weighted by Crippen LogP contribution is -2.25. The van der Waals surface area contributed by atoms with Gasteiger partial charge in [-0.2, -0.15) is 5.10 Å². The van der Waals surface area contributed by atoms with E-state index in [4.69, 9.17) is 4.74 Å². The minimum atomic E-state index is 0.407. The van der Waals surface area contributed by atoms with Crippen molar-refractivity contribution in [3.05, 3.63) is 53.4 Å². The Labute approximate surface area is 141 Å². The SMILES string of the molecule is Cc1n[nH]c(C)c1-c1ccc2c(c1)[C@@H](Cc1c[nH]cn1)[C@@H](C)CO2. The van der Waals surface area contributed by atoms with Crippen LogP contribution in [0.4, 0.5) is 0 Å². The fourth-order valence-corrected chi connectivity index (χ4v) is 3.68. The molecule has 0 radical (unpaired) electrons. The molecule has 1 aliphatic heterocycles. The van der Waals surface area contributed by atoms with Crippen LogP contribution in [0.15, 0.2) is 30.7 Å². The number of hydrogen-bond acceptors (Lipinski definition) is 3. The fraction of sp³-hybridized carbons (Fsp3) is 0.368. The molecule has 0 amide bonds. The third-order valence-electron chi connectivity index (χ3n) is 5.00. The Morgan fingerprint density at radius 3 is 2.88 bits per heavy atom. The topological polar surface area (TPSA) is 66.6 Å². The van der Waals surface area contributed by atoms with Gasteiger partial charge < -0.3 is 9.72 Å². The summed E-state index contributed by atoms with van der Waals surface area (Å²) in [6.45, 7) is 7.11. The Bertz CT molecular complexity index is 831. The first kappa shape index (κ1) is 15.0. The summed E-state index contributed by atoms with van der Waals surface area (Å²) in [5.74, 6) is 1.86. The summed E-state index contributed by atoms with van der Waals surface area (Å²) < 4.78 is 5.97. The van der Waals surface area contributed by atoms with Crippen LogP contribution in [-0.2, 0) is 6.42 Å². The van der Waals surface area contributed by atoms with E-state index in [0.717, 1.165) is 35.9 Å². The normalized spacial score (nSPS) is 19.8. The van der Waals surface area contributed by atoms with Crippen LogP contribution in [0.25, 0.3) is 11.1 Å². The number of nitrogens with zero attached hydrogens (tertiary/aromatic N) is 2. The Morgan fingerprint density at radius 1 is 1.29 bits per heavy atom. The van der Waals surface area contributed by atoms with Gasteiger partial charge in [0.25, 0.3) is 0 Å². The third kappa shape index (κ3) is 2.50. The smallest absolute Gasteiger partial charge is 0.122 e. The molecule has 5 nitrogen and oxygen atoms in total. The number of H-pyrrole nitrogens is 2. The molecule has 124 valence electrons. The van der Waals surface area contributed by atoms with E-state index in [9.17, 15) is 0 Å². The molecule has 1 aromatic carbocycles. The molecule has 5 heteroatoms. The highest BCUT2D eigenvalue weighted by Gasteiger charge is 2.29. The van der Waals surface area contributed by atoms with Crippen molar-refractivity contribution in [2.75, 3.05) is 6.61 Å². The number of imidazole rings is 1. The summed E-state index contributed by atoms with van der Waals surface area (Å²) in [5, 5.41) is 7.41. The monoisotopic (exact) mass is 322 g/mol. The first-order valence-electron chi connectivity index (χ1n) is 8.40. The van der Waals surface area contributed by atoms with Crippen LogP contribution in [0, 0.1) is 19.8 Å². The van der Waals surface area contributed by atoms with Crippen molar-refractivity contribution in [3.63, 3.8) is 0 Å². The summed E-state index contributed by atoms with van der Waals surface area (Å²) in [4.78, 5) is 7.46. The number of fused-ring (bicyclic) bond motifs is 1. The summed E-state index contributed by atoms with van der Waals surface area (Å²) in [7, 11) is 0. The first-order valence-corrected chi connectivity index (χ1v) is 8.40. The molecule has 3 aromatic rings. The van der Waals surface area contributed by atoms with Crippen LogP contribution in [0.1, 0.15) is 35.5 Å². The molecule has 0 bridgehead atoms. The standard InChI is InChI=1S/C19H22N4O/c1-11-9-24-18-5-4-14(19-12(2)22-23-13(19)3)6-17(18)16(11)7-15-8-20-10-21-15/h4-6,8,10-11,16H,7,9H2,1-3H3,(H,20,21)(H,22,23)/t11-,16-/m0/s1. The zero-order valence-corrected chi connectivity index (χ0v) is 14.3. The summed E-state index contributed by atoms with van der Waals surface area (Å²) in [5.41, 5.74) is 6.88. The molecule has 4 rings (SSSR count). The summed E-state index contributed by atoms with van der Waals surface area (Å²) in [6.07, 6.45) is 4.65. The van der Waals surface area contributed by atoms with E-state index in [2.05, 4.69) is 52.2 Å². The number of benzene rings is 1. The van der Waals surface area contributed by atoms with Gasteiger partial charge in [0.1, 0.15) is 5.75 Å². The van der Waals surface area contributed by atoms with Gasteiger partial charge in [0.15, 0.2) is 0 Å². The molecule has 2 N–H and O–H groups in total. The van der Waals surface area contributed by atoms with Gasteiger partial charge in [-0.1, -0.05) is 13.0 Å². The number of hydrogen-bond donors (Lipinski definition) is 2. The molecular weight excluding hydrogens is 300 g/mol. The van der Waals surface area contributed by atoms with Crippen LogP contribution in [-0.4, -0.2) is 26.8 Å². The van der Waals surface area contributed by atoms with Gasteiger partial charge in [-0.05, 0) is 55.4 Å². The average Bonchev–Trinajstić information content (AvgIpc) is 3.20. The highest BCUT2D eigenvalue weighted by atomic mass is 16.5. The minimum absolute atomic E-state index is 0.407. The zero-order valence-electron chi connectivity index (χ0n) is 14.3. The van der Waals surface area contributed by atoms with Gasteiger partial charge in [0.2, 0.25) is 0 Å². The van der Waals surface area contributed by atoms with Gasteiger partial charge in [0.05, 0.1) is 24.3 Å². The second-order valence-electron chi connectivity index (χ2n) is 6.72. The van der Waals surface area contributed by atoms with Crippen LogP contribution >= 0.6 is 0 Å². The van der Waals surface area contributed by atoms with E-state index in [1.54, 1.807) is 6.33 Å². The maximum Gasteiger partial charge on any atom is 0.122 e. The number of aromatic amines is 2. The Hall–Kier alpha value is -2.56. The number of ether oxygens (including phenoxy) is 1. The number of nitrogens with one attached hydrogen (secondary N) is 2. The third-order valence-corrected chi connectivity index (χ3v) is 5.00. The summed E-state index contributed by atoms with van der Waals surface area (Å²) >= 11 is 0. The predicted molar refractivity (Wildman–Crippen MR) is 93.2 cm³/mol. The molecule has 2 atom stereocenters. The van der Waals surface area contributed by atoms with E-state index in [-0.39, 0.29) is 0 Å². The molecule has 24 heavy (non-hydrogen) atoms. The minimum Gasteiger partial charge on any atom is -0.493 e. The van der Waals surface area contributed by atoms with Gasteiger partial charge in [0, 0.05) is 17.5 Å². The Morgan fingerprint density at radius 2 is 2.17 bits per heavy atom. The maximum atomic E-state index is 5.97. The summed E-state index contributed by atoms with van der Waals surface area (Å²) in [6, 6.07) is 6.50. The largest absolute Gasteiger partial charge is 0.493 e. The van der Waals surface area contributed by atoms with E-state index < -0.39 is 0 Å². The van der Waals surface area contributed by atoms with E-state index in [1.165, 1.54) is 16.7 Å². The number of rotatable bonds is 3. The van der Waals surface area contributed by atoms with Crippen molar-refractivity contribution in [2.45, 2.75) is 33.1 Å². The lowest BCUT2D eigenvalue weighted by molar-refractivity contribution is 0.204. The average molecular weight is 322 g/mol. The van der Waals surface area contributed by atoms with Crippen molar-refractivity contribution < 1.29 is 4.74 Å². The van der Waals surface area contributed by atoms with Crippen molar-refractivity contribution in [1.29, 1.82) is 0 Å². The highest BCUT2D eigenvalue weighted by Crippen LogP contribution is 2.41. The molecule has 0 spiro atoms. The number of aryl methyl sites for hydroxylation is 2. The Balaban J connectivity index is 1.77. The van der Waals surface area contributed by atoms with E-state index >= 15 is 0 Å². The van der Waals surface area contributed by atoms with Crippen molar-refractivity contribution in [3.8, 4) is 16.9 Å². The fourth-order valence-electron chi connectivity index (χ4n) is 3.68. The van der Waals surface area contributed by atoms with Crippen molar-refractivity contribution in [1.82, 2.24) is 20.2 Å². The van der Waals surface area contributed by atoms with Crippen LogP contribution in [0.5, 0.6) is 5.75 Å². The van der Waals surface area contributed by atoms with Crippen molar-refractivity contribution in [2.24, 2.45) is 5.92 Å². The second-order valence-corrected chi connectivity index (χ2v) is 6.72. The molecule has 1 aliphatic rings. The molecule has 0 unspecified atom stereocenters. The van der Waals surface area contributed by atoms with Crippen molar-refractivity contribution >= 4 is 0 Å². The number of aromatic nitrogens is 4. The first-order chi connectivity index (χ1) is 11.6. The van der Waals surface area contributed by atoms with Gasteiger partial charge >= 0.3 is 0 Å². The van der Waals surface area contributed by atoms with Crippen LogP contribution in [0.3, 0.4) is 0 Å². The predicted octanol–water partition coefficient (Wildman–Crippen LogP) is 3.77. The van der Waals surface area contributed by atoms with Gasteiger partial charge in [-0.15, -0.1) is 0 Å². The lowest BCUT2D eigenvalue weighted by Gasteiger charge is -2.31. The molecular formula is C19H22N4O. The Kier molecular flexibility index (Phi) is 3.63. The van der Waals surface area contributed by atoms with E-state index in [1.807, 2.05) is 13.1 Å². The quantitative estimate of drug-likeness (QED) is 0.771. The molecule has 3 heterocycles. The van der Waals surface area contributed by atoms with E-state index in [0.29, 0.717) is 11.8 Å². The molecule has 0 fully saturated rings. The van der Waals surface area contributed by atoms with Crippen LogP contribution < -0.4 is 4.74 Å². The lowest BCUT2D eigenvalue weighted by atomic mass is 9.81. The van der Waals surface area contributed by atoms with Gasteiger partial charge in [-0.25, -0.2) is 4.98 Å². The molecule has 0 saturated carbocycles. The highest BCUT2D eigenvalue weighted by molar-refractivity contribution is 5.70. The second kappa shape index (κ2) is 5.82. The molecule has 0 aliphatic carbocycles.